The van der Waals surface area contributed by atoms with Gasteiger partial charge in [0.05, 0.1) is 0 Å². The first kappa shape index (κ1) is 17.2. The van der Waals surface area contributed by atoms with E-state index in [9.17, 15) is 9.59 Å². The first-order chi connectivity index (χ1) is 11.0. The molecule has 0 bridgehead atoms. The van der Waals surface area contributed by atoms with Crippen LogP contribution < -0.4 is 10.6 Å². The molecule has 0 radical (unpaired) electrons. The number of anilines is 2. The van der Waals surface area contributed by atoms with E-state index in [4.69, 9.17) is 0 Å². The lowest BCUT2D eigenvalue weighted by molar-refractivity contribution is -0.115. The van der Waals surface area contributed by atoms with Gasteiger partial charge in [0, 0.05) is 34.4 Å². The van der Waals surface area contributed by atoms with Crippen LogP contribution in [0.25, 0.3) is 0 Å². The fraction of sp³-hybridized carbons (Fsp3) is 0.222. The van der Waals surface area contributed by atoms with E-state index in [0.717, 1.165) is 21.4 Å². The van der Waals surface area contributed by atoms with Gasteiger partial charge in [-0.2, -0.15) is 0 Å². The maximum atomic E-state index is 11.9. The van der Waals surface area contributed by atoms with Crippen LogP contribution in [0.4, 0.5) is 11.4 Å². The predicted molar refractivity (Wildman–Crippen MR) is 97.1 cm³/mol. The van der Waals surface area contributed by atoms with Gasteiger partial charge in [-0.15, -0.1) is 0 Å². The zero-order valence-electron chi connectivity index (χ0n) is 13.2. The number of halogens is 1. The number of nitrogens with one attached hydrogen (secondary N) is 2. The second kappa shape index (κ2) is 7.92. The Morgan fingerprint density at radius 2 is 1.70 bits per heavy atom. The Morgan fingerprint density at radius 1 is 1.04 bits per heavy atom. The molecule has 120 valence electrons. The zero-order chi connectivity index (χ0) is 16.8. The lowest BCUT2D eigenvalue weighted by Crippen LogP contribution is -2.16. The second-order valence-corrected chi connectivity index (χ2v) is 6.18. The van der Waals surface area contributed by atoms with Crippen molar-refractivity contribution in [2.75, 3.05) is 17.2 Å². The zero-order valence-corrected chi connectivity index (χ0v) is 14.7. The minimum atomic E-state index is -0.0476. The molecule has 2 aromatic carbocycles. The molecule has 0 saturated carbocycles. The lowest BCUT2D eigenvalue weighted by atomic mass is 10.1. The number of hydrogen-bond acceptors (Lipinski definition) is 3. The van der Waals surface area contributed by atoms with Gasteiger partial charge in [0.2, 0.25) is 5.91 Å². The van der Waals surface area contributed by atoms with Gasteiger partial charge in [0.1, 0.15) is 0 Å². The van der Waals surface area contributed by atoms with Crippen LogP contribution in [0.1, 0.15) is 29.3 Å². The Bertz CT molecular complexity index is 711. The van der Waals surface area contributed by atoms with Crippen molar-refractivity contribution in [3.05, 3.63) is 58.1 Å². The molecule has 0 unspecified atom stereocenters. The Morgan fingerprint density at radius 3 is 2.30 bits per heavy atom. The number of carbonyl (C=O) groups excluding carboxylic acids is 2. The highest BCUT2D eigenvalue weighted by atomic mass is 79.9. The minimum Gasteiger partial charge on any atom is -0.385 e. The molecule has 23 heavy (non-hydrogen) atoms. The molecule has 0 aromatic heterocycles. The molecular weight excluding hydrogens is 356 g/mol. The van der Waals surface area contributed by atoms with Crippen molar-refractivity contribution in [3.8, 4) is 0 Å². The van der Waals surface area contributed by atoms with Crippen molar-refractivity contribution in [1.29, 1.82) is 0 Å². The van der Waals surface area contributed by atoms with Crippen LogP contribution in [0.3, 0.4) is 0 Å². The van der Waals surface area contributed by atoms with Crippen molar-refractivity contribution in [2.24, 2.45) is 0 Å². The number of aryl methyl sites for hydroxylation is 1. The van der Waals surface area contributed by atoms with E-state index in [1.165, 1.54) is 6.92 Å². The monoisotopic (exact) mass is 374 g/mol. The van der Waals surface area contributed by atoms with Crippen molar-refractivity contribution in [1.82, 2.24) is 0 Å². The van der Waals surface area contributed by atoms with Gasteiger partial charge in [0.15, 0.2) is 5.78 Å². The Balaban J connectivity index is 1.80. The highest BCUT2D eigenvalue weighted by Crippen LogP contribution is 2.20. The summed E-state index contributed by atoms with van der Waals surface area (Å²) < 4.78 is 0.971. The quantitative estimate of drug-likeness (QED) is 0.736. The number of rotatable bonds is 6. The largest absolute Gasteiger partial charge is 0.385 e. The number of carbonyl (C=O) groups is 2. The summed E-state index contributed by atoms with van der Waals surface area (Å²) in [6, 6.07) is 12.9. The molecule has 0 spiro atoms. The number of Topliss-reactive ketones (excluding diaryl/α,β-unsaturated/α-hetero) is 1. The molecule has 0 saturated heterocycles. The smallest absolute Gasteiger partial charge is 0.226 e. The molecular formula is C18H19BrN2O2. The second-order valence-electron chi connectivity index (χ2n) is 5.32. The maximum absolute atomic E-state index is 11.9. The fourth-order valence-corrected chi connectivity index (χ4v) is 2.42. The summed E-state index contributed by atoms with van der Waals surface area (Å²) in [6.45, 7) is 4.06. The third kappa shape index (κ3) is 5.21. The van der Waals surface area contributed by atoms with Crippen LogP contribution in [0.5, 0.6) is 0 Å². The van der Waals surface area contributed by atoms with E-state index < -0.39 is 0 Å². The molecule has 0 fully saturated rings. The standard InChI is InChI=1S/C18H19BrN2O2/c1-12-3-6-16(11-17(12)19)21-18(23)9-10-20-15-7-4-14(5-8-15)13(2)22/h3-8,11,20H,9-10H2,1-2H3,(H,21,23). The molecule has 0 aliphatic rings. The van der Waals surface area contributed by atoms with E-state index in [-0.39, 0.29) is 11.7 Å². The SMILES string of the molecule is CC(=O)c1ccc(NCCC(=O)Nc2ccc(C)c(Br)c2)cc1. The molecule has 2 N–H and O–H groups in total. The van der Waals surface area contributed by atoms with Gasteiger partial charge in [-0.1, -0.05) is 22.0 Å². The van der Waals surface area contributed by atoms with E-state index >= 15 is 0 Å². The highest BCUT2D eigenvalue weighted by molar-refractivity contribution is 9.10. The van der Waals surface area contributed by atoms with Crippen molar-refractivity contribution < 1.29 is 9.59 Å². The molecule has 0 aliphatic carbocycles. The molecule has 4 nitrogen and oxygen atoms in total. The maximum Gasteiger partial charge on any atom is 0.226 e. The third-order valence-corrected chi connectivity index (χ3v) is 4.28. The number of ketones is 1. The van der Waals surface area contributed by atoms with Gasteiger partial charge >= 0.3 is 0 Å². The Hall–Kier alpha value is -2.14. The van der Waals surface area contributed by atoms with Crippen molar-refractivity contribution in [3.63, 3.8) is 0 Å². The number of amides is 1. The normalized spacial score (nSPS) is 10.2. The topological polar surface area (TPSA) is 58.2 Å². The van der Waals surface area contributed by atoms with Crippen LogP contribution in [-0.4, -0.2) is 18.2 Å². The van der Waals surface area contributed by atoms with Crippen LogP contribution >= 0.6 is 15.9 Å². The summed E-state index contributed by atoms with van der Waals surface area (Å²) in [5, 5.41) is 6.03. The summed E-state index contributed by atoms with van der Waals surface area (Å²) in [6.07, 6.45) is 0.361. The summed E-state index contributed by atoms with van der Waals surface area (Å²) in [5.41, 5.74) is 3.47. The van der Waals surface area contributed by atoms with Crippen LogP contribution in [0.15, 0.2) is 46.9 Å². The number of hydrogen-bond donors (Lipinski definition) is 2. The lowest BCUT2D eigenvalue weighted by Gasteiger charge is -2.09. The minimum absolute atomic E-state index is 0.0418. The van der Waals surface area contributed by atoms with Crippen LogP contribution in [0, 0.1) is 6.92 Å². The highest BCUT2D eigenvalue weighted by Gasteiger charge is 2.04. The van der Waals surface area contributed by atoms with E-state index in [2.05, 4.69) is 26.6 Å². The van der Waals surface area contributed by atoms with Crippen molar-refractivity contribution >= 4 is 39.0 Å². The van der Waals surface area contributed by atoms with E-state index in [1.54, 1.807) is 12.1 Å². The van der Waals surface area contributed by atoms with E-state index in [0.29, 0.717) is 18.5 Å². The van der Waals surface area contributed by atoms with Crippen LogP contribution in [0.2, 0.25) is 0 Å². The van der Waals surface area contributed by atoms with Gasteiger partial charge in [0.25, 0.3) is 0 Å². The molecule has 0 heterocycles. The fourth-order valence-electron chi connectivity index (χ4n) is 2.04. The molecule has 5 heteroatoms. The summed E-state index contributed by atoms with van der Waals surface area (Å²) in [4.78, 5) is 23.1. The number of benzene rings is 2. The van der Waals surface area contributed by atoms with Crippen molar-refractivity contribution in [2.45, 2.75) is 20.3 Å². The Kier molecular flexibility index (Phi) is 5.93. The van der Waals surface area contributed by atoms with Gasteiger partial charge < -0.3 is 10.6 Å². The van der Waals surface area contributed by atoms with Gasteiger partial charge in [-0.25, -0.2) is 0 Å². The molecule has 1 amide bonds. The van der Waals surface area contributed by atoms with Gasteiger partial charge in [-0.3, -0.25) is 9.59 Å². The third-order valence-electron chi connectivity index (χ3n) is 3.43. The van der Waals surface area contributed by atoms with Crippen LogP contribution in [-0.2, 0) is 4.79 Å². The summed E-state index contributed by atoms with van der Waals surface area (Å²) in [7, 11) is 0. The molecule has 0 aliphatic heterocycles. The first-order valence-corrected chi connectivity index (χ1v) is 8.16. The molecule has 0 atom stereocenters. The molecule has 2 rings (SSSR count). The summed E-state index contributed by atoms with van der Waals surface area (Å²) in [5.74, 6) is -0.00574. The van der Waals surface area contributed by atoms with E-state index in [1.807, 2.05) is 37.3 Å². The van der Waals surface area contributed by atoms with Gasteiger partial charge in [-0.05, 0) is 55.8 Å². The predicted octanol–water partition coefficient (Wildman–Crippen LogP) is 4.40. The Labute approximate surface area is 144 Å². The average Bonchev–Trinajstić information content (AvgIpc) is 2.51. The average molecular weight is 375 g/mol. The first-order valence-electron chi connectivity index (χ1n) is 7.36. The molecule has 2 aromatic rings. The summed E-state index contributed by atoms with van der Waals surface area (Å²) >= 11 is 3.45.